The lowest BCUT2D eigenvalue weighted by Crippen LogP contribution is -2.37. The predicted molar refractivity (Wildman–Crippen MR) is 102 cm³/mol. The van der Waals surface area contributed by atoms with Gasteiger partial charge in [-0.05, 0) is 54.4 Å². The van der Waals surface area contributed by atoms with E-state index in [9.17, 15) is 4.79 Å². The van der Waals surface area contributed by atoms with Crippen LogP contribution in [0.4, 0.5) is 0 Å². The fourth-order valence-corrected chi connectivity index (χ4v) is 3.39. The standard InChI is InChI=1S/C21H22N2O4/c1-25-17-3-5-19-13(9-17)8-16(23-19)11-22-21(24)15-7-14-10-18(26-2)4-6-20(14)27-12-15/h3-6,8-10,15,23H,7,11-12H2,1-2H3,(H,22,24)/t15-/m1/s1. The minimum atomic E-state index is -0.214. The van der Waals surface area contributed by atoms with Crippen LogP contribution in [0.15, 0.2) is 42.5 Å². The second-order valence-corrected chi connectivity index (χ2v) is 6.65. The molecule has 0 unspecified atom stereocenters. The zero-order valence-corrected chi connectivity index (χ0v) is 15.4. The molecule has 4 rings (SSSR count). The topological polar surface area (TPSA) is 72.6 Å². The summed E-state index contributed by atoms with van der Waals surface area (Å²) in [6, 6.07) is 13.6. The Morgan fingerprint density at radius 3 is 2.74 bits per heavy atom. The lowest BCUT2D eigenvalue weighted by Gasteiger charge is -2.25. The fourth-order valence-electron chi connectivity index (χ4n) is 3.39. The number of hydrogen-bond acceptors (Lipinski definition) is 4. The van der Waals surface area contributed by atoms with Gasteiger partial charge >= 0.3 is 0 Å². The average Bonchev–Trinajstić information content (AvgIpc) is 3.13. The van der Waals surface area contributed by atoms with Crippen LogP contribution in [-0.2, 0) is 17.8 Å². The van der Waals surface area contributed by atoms with Gasteiger partial charge in [0.25, 0.3) is 0 Å². The molecule has 0 radical (unpaired) electrons. The fraction of sp³-hybridized carbons (Fsp3) is 0.286. The molecule has 2 heterocycles. The third kappa shape index (κ3) is 3.56. The van der Waals surface area contributed by atoms with E-state index in [2.05, 4.69) is 10.3 Å². The molecule has 1 aromatic heterocycles. The average molecular weight is 366 g/mol. The van der Waals surface area contributed by atoms with Gasteiger partial charge in [0.05, 0.1) is 26.7 Å². The summed E-state index contributed by atoms with van der Waals surface area (Å²) in [6.07, 6.45) is 0.641. The number of rotatable bonds is 5. The Balaban J connectivity index is 1.41. The summed E-state index contributed by atoms with van der Waals surface area (Å²) in [5.74, 6) is 2.18. The molecule has 1 amide bonds. The zero-order chi connectivity index (χ0) is 18.8. The number of aromatic amines is 1. The van der Waals surface area contributed by atoms with Crippen LogP contribution in [-0.4, -0.2) is 31.7 Å². The third-order valence-corrected chi connectivity index (χ3v) is 4.88. The summed E-state index contributed by atoms with van der Waals surface area (Å²) in [5, 5.41) is 4.06. The summed E-state index contributed by atoms with van der Waals surface area (Å²) in [7, 11) is 3.28. The van der Waals surface area contributed by atoms with Gasteiger partial charge in [-0.2, -0.15) is 0 Å². The van der Waals surface area contributed by atoms with E-state index in [4.69, 9.17) is 14.2 Å². The van der Waals surface area contributed by atoms with E-state index in [-0.39, 0.29) is 11.8 Å². The molecule has 2 aromatic carbocycles. The van der Waals surface area contributed by atoms with Crippen LogP contribution in [0.2, 0.25) is 0 Å². The summed E-state index contributed by atoms with van der Waals surface area (Å²) in [4.78, 5) is 15.9. The molecule has 27 heavy (non-hydrogen) atoms. The van der Waals surface area contributed by atoms with Gasteiger partial charge in [0, 0.05) is 16.6 Å². The van der Waals surface area contributed by atoms with Crippen LogP contribution in [0.3, 0.4) is 0 Å². The van der Waals surface area contributed by atoms with Crippen molar-refractivity contribution in [1.82, 2.24) is 10.3 Å². The monoisotopic (exact) mass is 366 g/mol. The van der Waals surface area contributed by atoms with Crippen LogP contribution in [0.5, 0.6) is 17.2 Å². The largest absolute Gasteiger partial charge is 0.497 e. The number of aromatic nitrogens is 1. The van der Waals surface area contributed by atoms with Crippen LogP contribution < -0.4 is 19.5 Å². The van der Waals surface area contributed by atoms with E-state index in [0.717, 1.165) is 39.4 Å². The molecule has 1 aliphatic rings. The number of carbonyl (C=O) groups excluding carboxylic acids is 1. The lowest BCUT2D eigenvalue weighted by molar-refractivity contribution is -0.126. The Kier molecular flexibility index (Phi) is 4.62. The molecule has 6 nitrogen and oxygen atoms in total. The van der Waals surface area contributed by atoms with Crippen LogP contribution >= 0.6 is 0 Å². The summed E-state index contributed by atoms with van der Waals surface area (Å²) >= 11 is 0. The lowest BCUT2D eigenvalue weighted by atomic mass is 9.96. The molecule has 0 bridgehead atoms. The number of carbonyl (C=O) groups is 1. The highest BCUT2D eigenvalue weighted by molar-refractivity contribution is 5.83. The van der Waals surface area contributed by atoms with Gasteiger partial charge in [-0.1, -0.05) is 0 Å². The van der Waals surface area contributed by atoms with Gasteiger partial charge in [-0.15, -0.1) is 0 Å². The number of hydrogen-bond donors (Lipinski definition) is 2. The molecule has 3 aromatic rings. The minimum absolute atomic E-state index is 0.0142. The molecular formula is C21H22N2O4. The number of benzene rings is 2. The molecule has 2 N–H and O–H groups in total. The highest BCUT2D eigenvalue weighted by atomic mass is 16.5. The Morgan fingerprint density at radius 2 is 1.93 bits per heavy atom. The Bertz CT molecular complexity index is 979. The highest BCUT2D eigenvalue weighted by Gasteiger charge is 2.26. The first-order chi connectivity index (χ1) is 13.2. The number of methoxy groups -OCH3 is 2. The van der Waals surface area contributed by atoms with Crippen molar-refractivity contribution in [2.75, 3.05) is 20.8 Å². The number of nitrogens with one attached hydrogen (secondary N) is 2. The molecule has 6 heteroatoms. The molecule has 0 aliphatic carbocycles. The zero-order valence-electron chi connectivity index (χ0n) is 15.4. The highest BCUT2D eigenvalue weighted by Crippen LogP contribution is 2.30. The smallest absolute Gasteiger partial charge is 0.227 e. The van der Waals surface area contributed by atoms with Crippen LogP contribution in [0.25, 0.3) is 10.9 Å². The molecule has 0 fully saturated rings. The van der Waals surface area contributed by atoms with E-state index in [1.54, 1.807) is 14.2 Å². The van der Waals surface area contributed by atoms with E-state index in [1.165, 1.54) is 0 Å². The first kappa shape index (κ1) is 17.3. The first-order valence-electron chi connectivity index (χ1n) is 8.89. The van der Waals surface area contributed by atoms with Crippen LogP contribution in [0.1, 0.15) is 11.3 Å². The number of ether oxygens (including phenoxy) is 3. The van der Waals surface area contributed by atoms with E-state index >= 15 is 0 Å². The quantitative estimate of drug-likeness (QED) is 0.728. The number of amides is 1. The first-order valence-corrected chi connectivity index (χ1v) is 8.89. The second-order valence-electron chi connectivity index (χ2n) is 6.65. The van der Waals surface area contributed by atoms with Crippen molar-refractivity contribution in [2.45, 2.75) is 13.0 Å². The molecule has 1 aliphatic heterocycles. The van der Waals surface area contributed by atoms with Crippen molar-refractivity contribution in [2.24, 2.45) is 5.92 Å². The normalized spacial score (nSPS) is 15.7. The maximum atomic E-state index is 12.6. The van der Waals surface area contributed by atoms with Crippen molar-refractivity contribution >= 4 is 16.8 Å². The molecule has 1 atom stereocenters. The Labute approximate surface area is 157 Å². The van der Waals surface area contributed by atoms with Gasteiger partial charge in [-0.3, -0.25) is 4.79 Å². The SMILES string of the molecule is COc1ccc2c(c1)C[C@@H](C(=O)NCc1cc3cc(OC)ccc3[nH]1)CO2. The Hall–Kier alpha value is -3.15. The minimum Gasteiger partial charge on any atom is -0.497 e. The molecule has 0 saturated heterocycles. The van der Waals surface area contributed by atoms with Crippen molar-refractivity contribution in [3.63, 3.8) is 0 Å². The summed E-state index contributed by atoms with van der Waals surface area (Å²) in [5.41, 5.74) is 2.96. The maximum absolute atomic E-state index is 12.6. The van der Waals surface area contributed by atoms with Crippen LogP contribution in [0, 0.1) is 5.92 Å². The summed E-state index contributed by atoms with van der Waals surface area (Å²) < 4.78 is 16.2. The maximum Gasteiger partial charge on any atom is 0.227 e. The van der Waals surface area contributed by atoms with Crippen molar-refractivity contribution in [1.29, 1.82) is 0 Å². The van der Waals surface area contributed by atoms with Crippen molar-refractivity contribution in [3.05, 3.63) is 53.7 Å². The number of H-pyrrole nitrogens is 1. The van der Waals surface area contributed by atoms with Gasteiger partial charge in [0.2, 0.25) is 5.91 Å². The van der Waals surface area contributed by atoms with Gasteiger partial charge in [-0.25, -0.2) is 0 Å². The van der Waals surface area contributed by atoms with Crippen molar-refractivity contribution < 1.29 is 19.0 Å². The van der Waals surface area contributed by atoms with E-state index in [0.29, 0.717) is 19.6 Å². The van der Waals surface area contributed by atoms with Gasteiger partial charge in [0.15, 0.2) is 0 Å². The Morgan fingerprint density at radius 1 is 1.15 bits per heavy atom. The second kappa shape index (κ2) is 7.23. The number of fused-ring (bicyclic) bond motifs is 2. The molecule has 0 saturated carbocycles. The van der Waals surface area contributed by atoms with E-state index in [1.807, 2.05) is 42.5 Å². The predicted octanol–water partition coefficient (Wildman–Crippen LogP) is 3.05. The molecular weight excluding hydrogens is 344 g/mol. The van der Waals surface area contributed by atoms with Crippen molar-refractivity contribution in [3.8, 4) is 17.2 Å². The van der Waals surface area contributed by atoms with Gasteiger partial charge in [0.1, 0.15) is 23.9 Å². The third-order valence-electron chi connectivity index (χ3n) is 4.88. The molecule has 140 valence electrons. The van der Waals surface area contributed by atoms with Gasteiger partial charge < -0.3 is 24.5 Å². The summed E-state index contributed by atoms with van der Waals surface area (Å²) in [6.45, 7) is 0.826. The molecule has 0 spiro atoms. The van der Waals surface area contributed by atoms with E-state index < -0.39 is 0 Å².